The maximum Gasteiger partial charge on any atom is 0.354 e. The maximum atomic E-state index is 10.6. The van der Waals surface area contributed by atoms with Gasteiger partial charge >= 0.3 is 5.97 Å². The summed E-state index contributed by atoms with van der Waals surface area (Å²) in [5, 5.41) is 9.61. The van der Waals surface area contributed by atoms with Crippen LogP contribution in [0, 0.1) is 6.92 Å². The molecular weight excluding hydrogens is 168 g/mol. The summed E-state index contributed by atoms with van der Waals surface area (Å²) in [6, 6.07) is 5.17. The lowest BCUT2D eigenvalue weighted by molar-refractivity contribution is 0.0691. The molecule has 0 unspecified atom stereocenters. The minimum absolute atomic E-state index is 0.0642. The number of nitrogens with one attached hydrogen (secondary N) is 1. The topological polar surface area (TPSA) is 66.0 Å². The van der Waals surface area contributed by atoms with Gasteiger partial charge in [0, 0.05) is 11.1 Å². The number of aromatic amines is 1. The third kappa shape index (κ3) is 1.26. The van der Waals surface area contributed by atoms with Crippen molar-refractivity contribution in [2.24, 2.45) is 0 Å². The van der Waals surface area contributed by atoms with Crippen molar-refractivity contribution in [2.45, 2.75) is 6.92 Å². The van der Waals surface area contributed by atoms with Crippen molar-refractivity contribution in [3.8, 4) is 0 Å². The van der Waals surface area contributed by atoms with Crippen LogP contribution in [0.1, 0.15) is 16.2 Å². The number of aryl methyl sites for hydroxylation is 1. The summed E-state index contributed by atoms with van der Waals surface area (Å²) in [7, 11) is 0. The Morgan fingerprint density at radius 1 is 1.54 bits per heavy atom. The van der Waals surface area contributed by atoms with Crippen LogP contribution < -0.4 is 0 Å². The molecule has 0 fully saturated rings. The third-order valence-electron chi connectivity index (χ3n) is 1.83. The zero-order valence-electron chi connectivity index (χ0n) is 7.03. The minimum Gasteiger partial charge on any atom is -0.477 e. The number of aromatic nitrogens is 2. The largest absolute Gasteiger partial charge is 0.477 e. The van der Waals surface area contributed by atoms with E-state index in [2.05, 4.69) is 9.97 Å². The predicted molar refractivity (Wildman–Crippen MR) is 47.8 cm³/mol. The molecule has 0 radical (unpaired) electrons. The van der Waals surface area contributed by atoms with Gasteiger partial charge < -0.3 is 10.1 Å². The number of hydrogen-bond donors (Lipinski definition) is 2. The Morgan fingerprint density at radius 3 is 3.00 bits per heavy atom. The van der Waals surface area contributed by atoms with E-state index < -0.39 is 5.97 Å². The van der Waals surface area contributed by atoms with Crippen LogP contribution in [0.5, 0.6) is 0 Å². The van der Waals surface area contributed by atoms with E-state index in [-0.39, 0.29) is 5.69 Å². The van der Waals surface area contributed by atoms with Crippen LogP contribution in [-0.2, 0) is 0 Å². The molecule has 0 saturated heterocycles. The summed E-state index contributed by atoms with van der Waals surface area (Å²) in [6.07, 6.45) is 0. The minimum atomic E-state index is -1.01. The van der Waals surface area contributed by atoms with Crippen LogP contribution >= 0.6 is 0 Å². The van der Waals surface area contributed by atoms with E-state index in [1.54, 1.807) is 6.07 Å². The van der Waals surface area contributed by atoms with Gasteiger partial charge in [-0.2, -0.15) is 0 Å². The smallest absolute Gasteiger partial charge is 0.354 e. The second kappa shape index (κ2) is 2.58. The quantitative estimate of drug-likeness (QED) is 0.693. The average Bonchev–Trinajstić information content (AvgIpc) is 2.42. The Hall–Kier alpha value is -1.84. The fourth-order valence-corrected chi connectivity index (χ4v) is 1.26. The highest BCUT2D eigenvalue weighted by atomic mass is 16.4. The number of fused-ring (bicyclic) bond motifs is 1. The highest BCUT2D eigenvalue weighted by molar-refractivity contribution is 5.89. The molecule has 4 heteroatoms. The number of nitrogens with zero attached hydrogens (tertiary/aromatic N) is 1. The molecule has 13 heavy (non-hydrogen) atoms. The van der Waals surface area contributed by atoms with Crippen LogP contribution in [0.2, 0.25) is 0 Å². The monoisotopic (exact) mass is 176 g/mol. The molecule has 0 saturated carbocycles. The molecule has 4 nitrogen and oxygen atoms in total. The molecule has 2 heterocycles. The van der Waals surface area contributed by atoms with E-state index in [1.807, 2.05) is 13.0 Å². The Kier molecular flexibility index (Phi) is 1.55. The molecule has 0 aliphatic carbocycles. The first kappa shape index (κ1) is 7.79. The van der Waals surface area contributed by atoms with Crippen LogP contribution in [0.25, 0.3) is 11.0 Å². The number of pyridine rings is 1. The number of carbonyl (C=O) groups is 1. The first-order valence-corrected chi connectivity index (χ1v) is 3.86. The van der Waals surface area contributed by atoms with Crippen molar-refractivity contribution in [2.75, 3.05) is 0 Å². The molecule has 2 aromatic heterocycles. The zero-order valence-corrected chi connectivity index (χ0v) is 7.03. The average molecular weight is 176 g/mol. The lowest BCUT2D eigenvalue weighted by atomic mass is 10.3. The van der Waals surface area contributed by atoms with E-state index in [9.17, 15) is 4.79 Å². The van der Waals surface area contributed by atoms with Gasteiger partial charge in [-0.25, -0.2) is 9.78 Å². The number of carboxylic acids is 1. The Morgan fingerprint density at radius 2 is 2.31 bits per heavy atom. The number of aromatic carboxylic acids is 1. The molecule has 66 valence electrons. The van der Waals surface area contributed by atoms with E-state index in [0.29, 0.717) is 5.65 Å². The van der Waals surface area contributed by atoms with Gasteiger partial charge in [-0.05, 0) is 25.1 Å². The van der Waals surface area contributed by atoms with Crippen molar-refractivity contribution >= 4 is 17.0 Å². The van der Waals surface area contributed by atoms with Gasteiger partial charge in [-0.3, -0.25) is 0 Å². The summed E-state index contributed by atoms with van der Waals surface area (Å²) in [5.74, 6) is -1.01. The highest BCUT2D eigenvalue weighted by Crippen LogP contribution is 2.12. The van der Waals surface area contributed by atoms with Crippen LogP contribution in [0.4, 0.5) is 0 Å². The maximum absolute atomic E-state index is 10.6. The SMILES string of the molecule is Cc1cc2ccc(C(=O)O)nc2[nH]1. The molecule has 2 aromatic rings. The lowest BCUT2D eigenvalue weighted by Gasteiger charge is -1.92. The van der Waals surface area contributed by atoms with Gasteiger partial charge in [0.05, 0.1) is 0 Å². The van der Waals surface area contributed by atoms with Gasteiger partial charge in [0.2, 0.25) is 0 Å². The first-order chi connectivity index (χ1) is 6.16. The second-order valence-corrected chi connectivity index (χ2v) is 2.89. The van der Waals surface area contributed by atoms with Gasteiger partial charge in [0.25, 0.3) is 0 Å². The van der Waals surface area contributed by atoms with Crippen molar-refractivity contribution < 1.29 is 9.90 Å². The van der Waals surface area contributed by atoms with Crippen molar-refractivity contribution in [3.05, 3.63) is 29.6 Å². The van der Waals surface area contributed by atoms with E-state index in [0.717, 1.165) is 11.1 Å². The fourth-order valence-electron chi connectivity index (χ4n) is 1.26. The van der Waals surface area contributed by atoms with Crippen LogP contribution in [0.3, 0.4) is 0 Å². The van der Waals surface area contributed by atoms with Crippen molar-refractivity contribution in [1.82, 2.24) is 9.97 Å². The summed E-state index contributed by atoms with van der Waals surface area (Å²) < 4.78 is 0. The molecule has 0 atom stereocenters. The lowest BCUT2D eigenvalue weighted by Crippen LogP contribution is -1.99. The normalized spacial score (nSPS) is 10.5. The Bertz CT molecular complexity index is 473. The standard InChI is InChI=1S/C9H8N2O2/c1-5-4-6-2-3-7(9(12)13)11-8(6)10-5/h2-4H,1H3,(H,10,11)(H,12,13). The Labute approximate surface area is 74.2 Å². The number of H-pyrrole nitrogens is 1. The fraction of sp³-hybridized carbons (Fsp3) is 0.111. The van der Waals surface area contributed by atoms with Crippen molar-refractivity contribution in [1.29, 1.82) is 0 Å². The molecule has 2 rings (SSSR count). The predicted octanol–water partition coefficient (Wildman–Crippen LogP) is 1.57. The Balaban J connectivity index is 2.67. The van der Waals surface area contributed by atoms with E-state index >= 15 is 0 Å². The third-order valence-corrected chi connectivity index (χ3v) is 1.83. The molecule has 0 bridgehead atoms. The number of rotatable bonds is 1. The first-order valence-electron chi connectivity index (χ1n) is 3.86. The van der Waals surface area contributed by atoms with E-state index in [4.69, 9.17) is 5.11 Å². The molecule has 0 aliphatic rings. The van der Waals surface area contributed by atoms with Gasteiger partial charge in [-0.15, -0.1) is 0 Å². The summed E-state index contributed by atoms with van der Waals surface area (Å²) >= 11 is 0. The molecule has 0 amide bonds. The van der Waals surface area contributed by atoms with Gasteiger partial charge in [0.1, 0.15) is 5.65 Å². The van der Waals surface area contributed by atoms with E-state index in [1.165, 1.54) is 6.07 Å². The second-order valence-electron chi connectivity index (χ2n) is 2.89. The van der Waals surface area contributed by atoms with Crippen LogP contribution in [-0.4, -0.2) is 21.0 Å². The highest BCUT2D eigenvalue weighted by Gasteiger charge is 2.06. The van der Waals surface area contributed by atoms with Gasteiger partial charge in [0.15, 0.2) is 5.69 Å². The molecule has 0 spiro atoms. The molecule has 0 aliphatic heterocycles. The number of hydrogen-bond acceptors (Lipinski definition) is 2. The van der Waals surface area contributed by atoms with Crippen LogP contribution in [0.15, 0.2) is 18.2 Å². The molecule has 2 N–H and O–H groups in total. The number of carboxylic acid groups (broad SMARTS) is 1. The summed E-state index contributed by atoms with van der Waals surface area (Å²) in [6.45, 7) is 1.90. The summed E-state index contributed by atoms with van der Waals surface area (Å²) in [4.78, 5) is 17.5. The zero-order chi connectivity index (χ0) is 9.42. The van der Waals surface area contributed by atoms with Crippen molar-refractivity contribution in [3.63, 3.8) is 0 Å². The van der Waals surface area contributed by atoms with Gasteiger partial charge in [-0.1, -0.05) is 0 Å². The summed E-state index contributed by atoms with van der Waals surface area (Å²) in [5.41, 5.74) is 1.66. The molecule has 0 aromatic carbocycles. The molecular formula is C9H8N2O2.